The fraction of sp³-hybridized carbons (Fsp3) is 0.222. The fourth-order valence-electron chi connectivity index (χ4n) is 2.44. The lowest BCUT2D eigenvalue weighted by molar-refractivity contribution is -0.131. The topological polar surface area (TPSA) is 69.2 Å². The van der Waals surface area contributed by atoms with Crippen LogP contribution in [-0.4, -0.2) is 32.4 Å². The number of nitrogens with zero attached hydrogens (tertiary/aromatic N) is 1. The van der Waals surface area contributed by atoms with E-state index in [1.807, 2.05) is 48.5 Å². The van der Waals surface area contributed by atoms with Crippen molar-refractivity contribution in [2.45, 2.75) is 6.10 Å². The van der Waals surface area contributed by atoms with Crippen molar-refractivity contribution < 1.29 is 19.0 Å². The Morgan fingerprint density at radius 3 is 2.75 bits per heavy atom. The minimum atomic E-state index is -0.715. The van der Waals surface area contributed by atoms with Gasteiger partial charge in [-0.3, -0.25) is 4.79 Å². The van der Waals surface area contributed by atoms with Gasteiger partial charge in [0, 0.05) is 12.7 Å². The minimum absolute atomic E-state index is 0.345. The second-order valence-corrected chi connectivity index (χ2v) is 5.13. The highest BCUT2D eigenvalue weighted by Gasteiger charge is 2.19. The summed E-state index contributed by atoms with van der Waals surface area (Å²) in [6.45, 7) is 1.01. The molecule has 2 aromatic rings. The first-order valence-corrected chi connectivity index (χ1v) is 7.59. The van der Waals surface area contributed by atoms with Gasteiger partial charge in [-0.1, -0.05) is 36.4 Å². The lowest BCUT2D eigenvalue weighted by Gasteiger charge is -2.19. The van der Waals surface area contributed by atoms with Crippen LogP contribution in [0.4, 0.5) is 0 Å². The van der Waals surface area contributed by atoms with Crippen LogP contribution in [0.15, 0.2) is 53.6 Å². The highest BCUT2D eigenvalue weighted by atomic mass is 16.6. The van der Waals surface area contributed by atoms with Gasteiger partial charge in [-0.05, 0) is 17.7 Å². The number of nitrogens with one attached hydrogen (secondary N) is 1. The van der Waals surface area contributed by atoms with Crippen LogP contribution < -0.4 is 14.9 Å². The Morgan fingerprint density at radius 2 is 1.96 bits per heavy atom. The molecule has 0 radical (unpaired) electrons. The van der Waals surface area contributed by atoms with Gasteiger partial charge in [-0.25, -0.2) is 5.43 Å². The summed E-state index contributed by atoms with van der Waals surface area (Å²) in [6.07, 6.45) is 0.816. The first kappa shape index (κ1) is 16.0. The van der Waals surface area contributed by atoms with E-state index in [1.165, 1.54) is 13.3 Å². The van der Waals surface area contributed by atoms with Crippen molar-refractivity contribution in [2.75, 3.05) is 20.3 Å². The summed E-state index contributed by atoms with van der Waals surface area (Å²) in [4.78, 5) is 12.2. The van der Waals surface area contributed by atoms with E-state index in [-0.39, 0.29) is 5.91 Å². The molecule has 2 aromatic carbocycles. The van der Waals surface area contributed by atoms with Gasteiger partial charge in [0.1, 0.15) is 13.2 Å². The van der Waals surface area contributed by atoms with Gasteiger partial charge in [0.25, 0.3) is 5.91 Å². The van der Waals surface area contributed by atoms with Crippen molar-refractivity contribution in [3.8, 4) is 11.5 Å². The summed E-state index contributed by atoms with van der Waals surface area (Å²) >= 11 is 0. The molecule has 0 saturated heterocycles. The quantitative estimate of drug-likeness (QED) is 0.676. The predicted molar refractivity (Wildman–Crippen MR) is 89.4 cm³/mol. The molecule has 1 aliphatic heterocycles. The SMILES string of the molecule is CO[C@H](C(=O)N/N=C\c1cccc2c1OCCO2)c1ccccc1. The molecule has 1 heterocycles. The third-order valence-corrected chi connectivity index (χ3v) is 3.55. The number of carbonyl (C=O) groups excluding carboxylic acids is 1. The van der Waals surface area contributed by atoms with Crippen LogP contribution in [0.3, 0.4) is 0 Å². The van der Waals surface area contributed by atoms with Crippen LogP contribution in [0.2, 0.25) is 0 Å². The zero-order valence-electron chi connectivity index (χ0n) is 13.3. The fourth-order valence-corrected chi connectivity index (χ4v) is 2.44. The molecule has 0 unspecified atom stereocenters. The molecule has 3 rings (SSSR count). The summed E-state index contributed by atoms with van der Waals surface area (Å²) in [7, 11) is 1.49. The lowest BCUT2D eigenvalue weighted by Crippen LogP contribution is -2.26. The molecule has 6 nitrogen and oxygen atoms in total. The molecule has 24 heavy (non-hydrogen) atoms. The number of hydrogen-bond acceptors (Lipinski definition) is 5. The number of amides is 1. The largest absolute Gasteiger partial charge is 0.486 e. The van der Waals surface area contributed by atoms with E-state index in [9.17, 15) is 4.79 Å². The maximum Gasteiger partial charge on any atom is 0.273 e. The van der Waals surface area contributed by atoms with Crippen molar-refractivity contribution >= 4 is 12.1 Å². The Hall–Kier alpha value is -2.86. The monoisotopic (exact) mass is 326 g/mol. The average molecular weight is 326 g/mol. The van der Waals surface area contributed by atoms with Crippen molar-refractivity contribution in [1.82, 2.24) is 5.43 Å². The molecular weight excluding hydrogens is 308 g/mol. The molecule has 1 aliphatic rings. The first-order chi connectivity index (χ1) is 11.8. The van der Waals surface area contributed by atoms with E-state index in [1.54, 1.807) is 0 Å². The van der Waals surface area contributed by atoms with Crippen molar-refractivity contribution in [2.24, 2.45) is 5.10 Å². The number of benzene rings is 2. The van der Waals surface area contributed by atoms with E-state index >= 15 is 0 Å². The predicted octanol–water partition coefficient (Wildman–Crippen LogP) is 2.30. The van der Waals surface area contributed by atoms with E-state index in [2.05, 4.69) is 10.5 Å². The molecule has 0 saturated carbocycles. The molecule has 0 bridgehead atoms. The van der Waals surface area contributed by atoms with Gasteiger partial charge in [-0.15, -0.1) is 0 Å². The highest BCUT2D eigenvalue weighted by molar-refractivity contribution is 5.87. The maximum absolute atomic E-state index is 12.2. The number of methoxy groups -OCH3 is 1. The van der Waals surface area contributed by atoms with Crippen molar-refractivity contribution in [3.63, 3.8) is 0 Å². The summed E-state index contributed by atoms with van der Waals surface area (Å²) in [5, 5.41) is 4.00. The molecule has 1 N–H and O–H groups in total. The van der Waals surface area contributed by atoms with Gasteiger partial charge in [0.15, 0.2) is 17.6 Å². The number of fused-ring (bicyclic) bond motifs is 1. The zero-order valence-corrected chi connectivity index (χ0v) is 13.3. The number of para-hydroxylation sites is 1. The summed E-state index contributed by atoms with van der Waals surface area (Å²) in [5.74, 6) is 0.964. The number of hydrazone groups is 1. The molecule has 1 atom stereocenters. The second kappa shape index (κ2) is 7.61. The minimum Gasteiger partial charge on any atom is -0.486 e. The second-order valence-electron chi connectivity index (χ2n) is 5.13. The molecular formula is C18H18N2O4. The van der Waals surface area contributed by atoms with E-state index in [0.29, 0.717) is 24.7 Å². The van der Waals surface area contributed by atoms with E-state index < -0.39 is 6.10 Å². The number of carbonyl (C=O) groups is 1. The van der Waals surface area contributed by atoms with E-state index in [4.69, 9.17) is 14.2 Å². The van der Waals surface area contributed by atoms with Gasteiger partial charge < -0.3 is 14.2 Å². The van der Waals surface area contributed by atoms with E-state index in [0.717, 1.165) is 11.1 Å². The Bertz CT molecular complexity index is 731. The summed E-state index contributed by atoms with van der Waals surface area (Å²) in [6, 6.07) is 14.8. The Kier molecular flexibility index (Phi) is 5.08. The van der Waals surface area contributed by atoms with Gasteiger partial charge in [0.05, 0.1) is 6.21 Å². The number of ether oxygens (including phenoxy) is 3. The highest BCUT2D eigenvalue weighted by Crippen LogP contribution is 2.32. The number of rotatable bonds is 5. The van der Waals surface area contributed by atoms with Crippen molar-refractivity contribution in [3.05, 3.63) is 59.7 Å². The third kappa shape index (κ3) is 3.55. The van der Waals surface area contributed by atoms with Crippen molar-refractivity contribution in [1.29, 1.82) is 0 Å². The van der Waals surface area contributed by atoms with Gasteiger partial charge >= 0.3 is 0 Å². The van der Waals surface area contributed by atoms with Crippen LogP contribution in [0.1, 0.15) is 17.2 Å². The molecule has 124 valence electrons. The Balaban J connectivity index is 1.69. The average Bonchev–Trinajstić information content (AvgIpc) is 2.63. The molecule has 0 aliphatic carbocycles. The normalized spacial score (nSPS) is 14.4. The smallest absolute Gasteiger partial charge is 0.273 e. The molecule has 1 amide bonds. The molecule has 0 aromatic heterocycles. The van der Waals surface area contributed by atoms with Gasteiger partial charge in [0.2, 0.25) is 0 Å². The maximum atomic E-state index is 12.2. The zero-order chi connectivity index (χ0) is 16.8. The van der Waals surface area contributed by atoms with Gasteiger partial charge in [-0.2, -0.15) is 5.10 Å². The first-order valence-electron chi connectivity index (χ1n) is 7.59. The third-order valence-electron chi connectivity index (χ3n) is 3.55. The Morgan fingerprint density at radius 1 is 1.17 bits per heavy atom. The molecule has 0 fully saturated rings. The van der Waals surface area contributed by atoms with Crippen LogP contribution in [0.25, 0.3) is 0 Å². The summed E-state index contributed by atoms with van der Waals surface area (Å²) in [5.41, 5.74) is 4.00. The molecule has 6 heteroatoms. The van der Waals surface area contributed by atoms with Crippen LogP contribution in [0, 0.1) is 0 Å². The summed E-state index contributed by atoms with van der Waals surface area (Å²) < 4.78 is 16.4. The van der Waals surface area contributed by atoms with Crippen LogP contribution in [-0.2, 0) is 9.53 Å². The Labute approximate surface area is 140 Å². The van der Waals surface area contributed by atoms with Crippen LogP contribution >= 0.6 is 0 Å². The number of hydrogen-bond donors (Lipinski definition) is 1. The lowest BCUT2D eigenvalue weighted by atomic mass is 10.1. The molecule has 0 spiro atoms. The standard InChI is InChI=1S/C18H18N2O4/c1-22-17(13-6-3-2-4-7-13)18(21)20-19-12-14-8-5-9-15-16(14)24-11-10-23-15/h2-9,12,17H,10-11H2,1H3,(H,20,21)/b19-12-/t17-/m0/s1. The van der Waals surface area contributed by atoms with Crippen LogP contribution in [0.5, 0.6) is 11.5 Å².